The zero-order chi connectivity index (χ0) is 16.9. The predicted octanol–water partition coefficient (Wildman–Crippen LogP) is 1.88. The van der Waals surface area contributed by atoms with Crippen LogP contribution in [0, 0.1) is 0 Å². The molecular weight excluding hydrogens is 304 g/mol. The summed E-state index contributed by atoms with van der Waals surface area (Å²) in [6.07, 6.45) is -0.514. The summed E-state index contributed by atoms with van der Waals surface area (Å²) in [5.41, 5.74) is 1.42. The summed E-state index contributed by atoms with van der Waals surface area (Å²) in [4.78, 5) is 16.4. The Morgan fingerprint density at radius 1 is 1.00 bits per heavy atom. The Labute approximate surface area is 141 Å². The van der Waals surface area contributed by atoms with Crippen LogP contribution in [0.1, 0.15) is 22.0 Å². The van der Waals surface area contributed by atoms with Crippen LogP contribution in [0.2, 0.25) is 0 Å². The fourth-order valence-electron chi connectivity index (χ4n) is 2.98. The Balaban J connectivity index is 1.53. The molecule has 1 aliphatic heterocycles. The highest BCUT2D eigenvalue weighted by Crippen LogP contribution is 2.17. The summed E-state index contributed by atoms with van der Waals surface area (Å²) in [5, 5.41) is 19.8. The fraction of sp³-hybridized carbons (Fsp3) is 0.316. The van der Waals surface area contributed by atoms with Gasteiger partial charge in [-0.05, 0) is 23.8 Å². The van der Waals surface area contributed by atoms with Gasteiger partial charge in [0.1, 0.15) is 5.75 Å². The molecule has 1 amide bonds. The molecule has 1 heterocycles. The van der Waals surface area contributed by atoms with Crippen LogP contribution in [0.4, 0.5) is 0 Å². The van der Waals surface area contributed by atoms with Crippen molar-refractivity contribution in [3.63, 3.8) is 0 Å². The molecule has 1 atom stereocenters. The number of nitrogens with zero attached hydrogens (tertiary/aromatic N) is 2. The van der Waals surface area contributed by atoms with Crippen molar-refractivity contribution >= 4 is 5.91 Å². The van der Waals surface area contributed by atoms with Gasteiger partial charge in [0.05, 0.1) is 6.10 Å². The number of aromatic hydroxyl groups is 1. The molecule has 1 fully saturated rings. The molecule has 0 saturated carbocycles. The van der Waals surface area contributed by atoms with Crippen molar-refractivity contribution in [3.05, 3.63) is 65.7 Å². The van der Waals surface area contributed by atoms with Crippen molar-refractivity contribution in [2.24, 2.45) is 0 Å². The van der Waals surface area contributed by atoms with Gasteiger partial charge in [-0.3, -0.25) is 9.69 Å². The number of phenols is 1. The lowest BCUT2D eigenvalue weighted by molar-refractivity contribution is 0.0527. The minimum atomic E-state index is -0.514. The Kier molecular flexibility index (Phi) is 5.13. The number of carbonyl (C=O) groups excluding carboxylic acids is 1. The lowest BCUT2D eigenvalue weighted by atomic mass is 10.1. The lowest BCUT2D eigenvalue weighted by Gasteiger charge is -2.35. The van der Waals surface area contributed by atoms with Gasteiger partial charge in [-0.1, -0.05) is 36.4 Å². The van der Waals surface area contributed by atoms with E-state index in [4.69, 9.17) is 0 Å². The van der Waals surface area contributed by atoms with E-state index in [1.54, 1.807) is 23.1 Å². The van der Waals surface area contributed by atoms with Crippen molar-refractivity contribution in [3.8, 4) is 5.75 Å². The number of aliphatic hydroxyl groups is 1. The predicted molar refractivity (Wildman–Crippen MR) is 91.9 cm³/mol. The molecule has 3 rings (SSSR count). The Morgan fingerprint density at radius 2 is 1.71 bits per heavy atom. The SMILES string of the molecule is O=C(c1cccc(O)c1)N1CCN(CC(O)c2ccccc2)CC1. The second kappa shape index (κ2) is 7.47. The molecule has 2 N–H and O–H groups in total. The van der Waals surface area contributed by atoms with Crippen LogP contribution in [0.15, 0.2) is 54.6 Å². The third-order valence-corrected chi connectivity index (χ3v) is 4.37. The van der Waals surface area contributed by atoms with E-state index in [1.807, 2.05) is 30.3 Å². The highest BCUT2D eigenvalue weighted by Gasteiger charge is 2.23. The van der Waals surface area contributed by atoms with Crippen molar-refractivity contribution in [1.82, 2.24) is 9.80 Å². The standard InChI is InChI=1S/C19H22N2O3/c22-17-8-4-7-16(13-17)19(24)21-11-9-20(10-12-21)14-18(23)15-5-2-1-3-6-15/h1-8,13,18,22-23H,9-12,14H2. The summed E-state index contributed by atoms with van der Waals surface area (Å²) >= 11 is 0. The summed E-state index contributed by atoms with van der Waals surface area (Å²) in [7, 11) is 0. The number of amides is 1. The molecule has 1 saturated heterocycles. The smallest absolute Gasteiger partial charge is 0.254 e. The molecule has 5 nitrogen and oxygen atoms in total. The van der Waals surface area contributed by atoms with Gasteiger partial charge in [-0.25, -0.2) is 0 Å². The average Bonchev–Trinajstić information content (AvgIpc) is 2.62. The largest absolute Gasteiger partial charge is 0.508 e. The second-order valence-corrected chi connectivity index (χ2v) is 6.07. The minimum Gasteiger partial charge on any atom is -0.508 e. The van der Waals surface area contributed by atoms with Gasteiger partial charge in [0.2, 0.25) is 0 Å². The number of rotatable bonds is 4. The van der Waals surface area contributed by atoms with Crippen LogP contribution in [0.5, 0.6) is 5.75 Å². The number of piperazine rings is 1. The van der Waals surface area contributed by atoms with E-state index < -0.39 is 6.10 Å². The highest BCUT2D eigenvalue weighted by molar-refractivity contribution is 5.94. The maximum absolute atomic E-state index is 12.4. The monoisotopic (exact) mass is 326 g/mol. The lowest BCUT2D eigenvalue weighted by Crippen LogP contribution is -2.49. The van der Waals surface area contributed by atoms with Crippen LogP contribution >= 0.6 is 0 Å². The van der Waals surface area contributed by atoms with Crippen molar-refractivity contribution in [2.45, 2.75) is 6.10 Å². The molecule has 5 heteroatoms. The first-order valence-corrected chi connectivity index (χ1v) is 8.17. The summed E-state index contributed by atoms with van der Waals surface area (Å²) in [6, 6.07) is 16.1. The number of phenolic OH excluding ortho intramolecular Hbond substituents is 1. The van der Waals surface area contributed by atoms with E-state index >= 15 is 0 Å². The molecule has 2 aromatic rings. The molecule has 0 aliphatic carbocycles. The molecule has 24 heavy (non-hydrogen) atoms. The van der Waals surface area contributed by atoms with E-state index in [1.165, 1.54) is 6.07 Å². The second-order valence-electron chi connectivity index (χ2n) is 6.07. The summed E-state index contributed by atoms with van der Waals surface area (Å²) < 4.78 is 0. The molecule has 2 aromatic carbocycles. The van der Waals surface area contributed by atoms with Crippen LogP contribution in [-0.4, -0.2) is 58.6 Å². The van der Waals surface area contributed by atoms with Gasteiger partial charge in [0.15, 0.2) is 0 Å². The van der Waals surface area contributed by atoms with E-state index in [0.717, 1.165) is 18.7 Å². The van der Waals surface area contributed by atoms with Crippen molar-refractivity contribution in [1.29, 1.82) is 0 Å². The topological polar surface area (TPSA) is 64.0 Å². The van der Waals surface area contributed by atoms with E-state index in [0.29, 0.717) is 25.2 Å². The Bertz CT molecular complexity index is 682. The number of hydrogen-bond donors (Lipinski definition) is 2. The zero-order valence-electron chi connectivity index (χ0n) is 13.5. The maximum atomic E-state index is 12.4. The fourth-order valence-corrected chi connectivity index (χ4v) is 2.98. The third kappa shape index (κ3) is 3.93. The van der Waals surface area contributed by atoms with E-state index in [-0.39, 0.29) is 11.7 Å². The molecular formula is C19H22N2O3. The summed E-state index contributed by atoms with van der Waals surface area (Å²) in [6.45, 7) is 3.27. The quantitative estimate of drug-likeness (QED) is 0.900. The summed E-state index contributed by atoms with van der Waals surface area (Å²) in [5.74, 6) is 0.0413. The van der Waals surface area contributed by atoms with E-state index in [9.17, 15) is 15.0 Å². The number of benzene rings is 2. The highest BCUT2D eigenvalue weighted by atomic mass is 16.3. The van der Waals surface area contributed by atoms with Gasteiger partial charge < -0.3 is 15.1 Å². The molecule has 0 bridgehead atoms. The molecule has 1 unspecified atom stereocenters. The van der Waals surface area contributed by atoms with Gasteiger partial charge >= 0.3 is 0 Å². The average molecular weight is 326 g/mol. The molecule has 0 aromatic heterocycles. The van der Waals surface area contributed by atoms with Gasteiger partial charge in [-0.15, -0.1) is 0 Å². The normalized spacial score (nSPS) is 16.8. The number of aliphatic hydroxyl groups excluding tert-OH is 1. The Morgan fingerprint density at radius 3 is 2.38 bits per heavy atom. The maximum Gasteiger partial charge on any atom is 0.254 e. The van der Waals surface area contributed by atoms with Gasteiger partial charge in [0.25, 0.3) is 5.91 Å². The first kappa shape index (κ1) is 16.5. The van der Waals surface area contributed by atoms with Crippen molar-refractivity contribution in [2.75, 3.05) is 32.7 Å². The number of hydrogen-bond acceptors (Lipinski definition) is 4. The van der Waals surface area contributed by atoms with E-state index in [2.05, 4.69) is 4.90 Å². The molecule has 0 spiro atoms. The molecule has 1 aliphatic rings. The third-order valence-electron chi connectivity index (χ3n) is 4.37. The molecule has 126 valence electrons. The van der Waals surface area contributed by atoms with Crippen LogP contribution < -0.4 is 0 Å². The van der Waals surface area contributed by atoms with Crippen LogP contribution in [0.3, 0.4) is 0 Å². The number of β-amino-alcohol motifs (C(OH)–C–C–N with tert-alkyl or cyclic N) is 1. The van der Waals surface area contributed by atoms with Crippen LogP contribution in [-0.2, 0) is 0 Å². The van der Waals surface area contributed by atoms with Crippen LogP contribution in [0.25, 0.3) is 0 Å². The van der Waals surface area contributed by atoms with Crippen molar-refractivity contribution < 1.29 is 15.0 Å². The first-order chi connectivity index (χ1) is 11.6. The Hall–Kier alpha value is -2.37. The zero-order valence-corrected chi connectivity index (χ0v) is 13.5. The molecule has 0 radical (unpaired) electrons. The minimum absolute atomic E-state index is 0.0610. The van der Waals surface area contributed by atoms with Gasteiger partial charge in [-0.2, -0.15) is 0 Å². The van der Waals surface area contributed by atoms with Gasteiger partial charge in [0, 0.05) is 38.3 Å². The first-order valence-electron chi connectivity index (χ1n) is 8.17. The number of carbonyl (C=O) groups is 1.